The molecule has 2 aromatic carbocycles. The van der Waals surface area contributed by atoms with Crippen LogP contribution < -0.4 is 20.4 Å². The van der Waals surface area contributed by atoms with E-state index in [1.54, 1.807) is 4.57 Å². The molecule has 1 atom stereocenters. The van der Waals surface area contributed by atoms with Crippen LogP contribution in [0.4, 0.5) is 15.8 Å². The van der Waals surface area contributed by atoms with Crippen LogP contribution in [0.5, 0.6) is 5.75 Å². The summed E-state index contributed by atoms with van der Waals surface area (Å²) in [4.78, 5) is 28.3. The lowest BCUT2D eigenvalue weighted by atomic mass is 10.1. The number of thiocarbonyl (C=S) groups is 1. The van der Waals surface area contributed by atoms with Crippen molar-refractivity contribution < 1.29 is 19.0 Å². The van der Waals surface area contributed by atoms with Gasteiger partial charge in [-0.05, 0) is 44.3 Å². The van der Waals surface area contributed by atoms with Gasteiger partial charge < -0.3 is 29.5 Å². The molecule has 0 radical (unpaired) electrons. The largest absolute Gasteiger partial charge is 0.492 e. The summed E-state index contributed by atoms with van der Waals surface area (Å²) in [5, 5.41) is 13.2. The minimum Gasteiger partial charge on any atom is -0.492 e. The first kappa shape index (κ1) is 24.5. The van der Waals surface area contributed by atoms with E-state index < -0.39 is 22.8 Å². The number of para-hydroxylation sites is 1. The van der Waals surface area contributed by atoms with Gasteiger partial charge in [-0.25, -0.2) is 9.18 Å². The van der Waals surface area contributed by atoms with Gasteiger partial charge >= 0.3 is 5.97 Å². The highest BCUT2D eigenvalue weighted by Gasteiger charge is 2.31. The molecule has 2 heterocycles. The fraction of sp³-hybridized carbons (Fsp3) is 0.320. The van der Waals surface area contributed by atoms with E-state index in [4.69, 9.17) is 17.0 Å². The molecule has 35 heavy (non-hydrogen) atoms. The van der Waals surface area contributed by atoms with Crippen LogP contribution in [0.25, 0.3) is 10.9 Å². The van der Waals surface area contributed by atoms with Crippen molar-refractivity contribution in [3.05, 3.63) is 64.2 Å². The predicted octanol–water partition coefficient (Wildman–Crippen LogP) is 3.77. The maximum absolute atomic E-state index is 15.5. The minimum atomic E-state index is -1.35. The molecule has 0 bridgehead atoms. The number of rotatable bonds is 5. The number of nitrogens with zero attached hydrogens (tertiary/aromatic N) is 3. The summed E-state index contributed by atoms with van der Waals surface area (Å²) >= 11 is 5.62. The molecule has 0 aliphatic carbocycles. The first-order chi connectivity index (χ1) is 16.8. The first-order valence-electron chi connectivity index (χ1n) is 11.3. The Morgan fingerprint density at radius 2 is 2.00 bits per heavy atom. The molecule has 0 amide bonds. The predicted molar refractivity (Wildman–Crippen MR) is 138 cm³/mol. The molecule has 1 saturated heterocycles. The van der Waals surface area contributed by atoms with Crippen LogP contribution in [0.3, 0.4) is 0 Å². The summed E-state index contributed by atoms with van der Waals surface area (Å²) in [6.07, 6.45) is 1.28. The Balaban J connectivity index is 1.69. The third-order valence-electron chi connectivity index (χ3n) is 6.25. The Morgan fingerprint density at radius 3 is 2.60 bits per heavy atom. The number of hydrogen-bond acceptors (Lipinski definition) is 5. The van der Waals surface area contributed by atoms with E-state index in [2.05, 4.69) is 10.2 Å². The van der Waals surface area contributed by atoms with Crippen molar-refractivity contribution >= 4 is 45.6 Å². The fourth-order valence-electron chi connectivity index (χ4n) is 4.56. The van der Waals surface area contributed by atoms with Crippen molar-refractivity contribution in [3.8, 4) is 5.75 Å². The van der Waals surface area contributed by atoms with Gasteiger partial charge in [0.15, 0.2) is 16.7 Å². The molecule has 1 aromatic heterocycles. The van der Waals surface area contributed by atoms with E-state index in [1.807, 2.05) is 49.1 Å². The lowest BCUT2D eigenvalue weighted by Crippen LogP contribution is -2.55. The highest BCUT2D eigenvalue weighted by Crippen LogP contribution is 2.39. The SMILES string of the molecule is CCn1cc(C(=O)O)c(=O)c2cc(F)c(N3CCN(C(=S)Nc4ccccc4)C(C)C3)c(OC)c21. The first-order valence-corrected chi connectivity index (χ1v) is 11.7. The average Bonchev–Trinajstić information content (AvgIpc) is 2.84. The maximum Gasteiger partial charge on any atom is 0.341 e. The maximum atomic E-state index is 15.5. The summed E-state index contributed by atoms with van der Waals surface area (Å²) in [6, 6.07) is 10.7. The molecule has 10 heteroatoms. The Hall–Kier alpha value is -3.66. The van der Waals surface area contributed by atoms with Gasteiger partial charge in [0.05, 0.1) is 18.0 Å². The number of piperazine rings is 1. The van der Waals surface area contributed by atoms with Gasteiger partial charge in [-0.15, -0.1) is 0 Å². The lowest BCUT2D eigenvalue weighted by Gasteiger charge is -2.42. The Morgan fingerprint density at radius 1 is 1.29 bits per heavy atom. The minimum absolute atomic E-state index is 0.0234. The molecule has 1 aliphatic rings. The van der Waals surface area contributed by atoms with Gasteiger partial charge in [0.2, 0.25) is 5.43 Å². The number of carbonyl (C=O) groups is 1. The number of halogens is 1. The zero-order valence-electron chi connectivity index (χ0n) is 19.7. The molecule has 1 unspecified atom stereocenters. The van der Waals surface area contributed by atoms with Crippen LogP contribution in [0.2, 0.25) is 0 Å². The Bertz CT molecular complexity index is 1350. The van der Waals surface area contributed by atoms with Crippen LogP contribution in [0.1, 0.15) is 24.2 Å². The van der Waals surface area contributed by atoms with Crippen molar-refractivity contribution in [2.24, 2.45) is 0 Å². The number of carboxylic acid groups (broad SMARTS) is 1. The summed E-state index contributed by atoms with van der Waals surface area (Å²) in [5.74, 6) is -1.78. The molecule has 3 aromatic rings. The summed E-state index contributed by atoms with van der Waals surface area (Å²) in [7, 11) is 1.42. The number of carboxylic acids is 1. The Kier molecular flexibility index (Phi) is 6.93. The highest BCUT2D eigenvalue weighted by molar-refractivity contribution is 7.80. The number of ether oxygens (including phenoxy) is 1. The standard InChI is InChI=1S/C25H27FN4O4S/c1-4-28-14-18(24(32)33)22(31)17-12-19(26)21(23(34-3)20(17)28)29-10-11-30(15(2)13-29)25(35)27-16-8-6-5-7-9-16/h5-9,12,14-15H,4,10-11,13H2,1-3H3,(H,27,35)(H,32,33). The summed E-state index contributed by atoms with van der Waals surface area (Å²) in [5.41, 5.74) is 0.371. The average molecular weight is 499 g/mol. The number of aromatic carboxylic acids is 1. The molecule has 8 nitrogen and oxygen atoms in total. The number of nitrogens with one attached hydrogen (secondary N) is 1. The number of fused-ring (bicyclic) bond motifs is 1. The molecule has 1 aliphatic heterocycles. The molecule has 4 rings (SSSR count). The second-order valence-electron chi connectivity index (χ2n) is 8.38. The van der Waals surface area contributed by atoms with Crippen LogP contribution in [-0.4, -0.2) is 58.4 Å². The Labute approximate surface area is 207 Å². The van der Waals surface area contributed by atoms with Crippen LogP contribution >= 0.6 is 12.2 Å². The van der Waals surface area contributed by atoms with Gasteiger partial charge in [0.1, 0.15) is 11.3 Å². The zero-order valence-corrected chi connectivity index (χ0v) is 20.6. The van der Waals surface area contributed by atoms with Gasteiger partial charge in [-0.3, -0.25) is 4.79 Å². The van der Waals surface area contributed by atoms with E-state index in [9.17, 15) is 14.7 Å². The van der Waals surface area contributed by atoms with Crippen molar-refractivity contribution in [2.45, 2.75) is 26.4 Å². The number of benzene rings is 2. The van der Waals surface area contributed by atoms with E-state index in [0.717, 1.165) is 11.8 Å². The summed E-state index contributed by atoms with van der Waals surface area (Å²) in [6.45, 7) is 5.71. The second kappa shape index (κ2) is 9.91. The summed E-state index contributed by atoms with van der Waals surface area (Å²) < 4.78 is 22.8. The molecule has 2 N–H and O–H groups in total. The third-order valence-corrected chi connectivity index (χ3v) is 6.59. The molecule has 0 spiro atoms. The fourth-order valence-corrected chi connectivity index (χ4v) is 4.95. The van der Waals surface area contributed by atoms with E-state index >= 15 is 4.39 Å². The second-order valence-corrected chi connectivity index (χ2v) is 8.77. The molecule has 1 fully saturated rings. The van der Waals surface area contributed by atoms with Gasteiger partial charge in [0, 0.05) is 44.1 Å². The normalized spacial score (nSPS) is 15.8. The van der Waals surface area contributed by atoms with E-state index in [0.29, 0.717) is 36.8 Å². The van der Waals surface area contributed by atoms with Crippen molar-refractivity contribution in [1.82, 2.24) is 9.47 Å². The number of methoxy groups -OCH3 is 1. The van der Waals surface area contributed by atoms with E-state index in [1.165, 1.54) is 13.3 Å². The van der Waals surface area contributed by atoms with Crippen LogP contribution in [-0.2, 0) is 6.54 Å². The highest BCUT2D eigenvalue weighted by atomic mass is 32.1. The zero-order chi connectivity index (χ0) is 25.3. The van der Waals surface area contributed by atoms with Crippen molar-refractivity contribution in [3.63, 3.8) is 0 Å². The quantitative estimate of drug-likeness (QED) is 0.514. The number of pyridine rings is 1. The lowest BCUT2D eigenvalue weighted by molar-refractivity contribution is 0.0695. The third kappa shape index (κ3) is 4.53. The number of aryl methyl sites for hydroxylation is 1. The van der Waals surface area contributed by atoms with Crippen molar-refractivity contribution in [2.75, 3.05) is 37.0 Å². The van der Waals surface area contributed by atoms with Crippen LogP contribution in [0, 0.1) is 5.82 Å². The smallest absolute Gasteiger partial charge is 0.341 e. The van der Waals surface area contributed by atoms with Gasteiger partial charge in [0.25, 0.3) is 0 Å². The molecular formula is C25H27FN4O4S. The van der Waals surface area contributed by atoms with E-state index in [-0.39, 0.29) is 22.9 Å². The number of aromatic nitrogens is 1. The number of anilines is 2. The van der Waals surface area contributed by atoms with Gasteiger partial charge in [-0.2, -0.15) is 0 Å². The number of hydrogen-bond donors (Lipinski definition) is 2. The molecule has 184 valence electrons. The topological polar surface area (TPSA) is 87.0 Å². The molecular weight excluding hydrogens is 471 g/mol. The monoisotopic (exact) mass is 498 g/mol. The van der Waals surface area contributed by atoms with Crippen molar-refractivity contribution in [1.29, 1.82) is 0 Å². The molecule has 0 saturated carbocycles. The van der Waals surface area contributed by atoms with Gasteiger partial charge in [-0.1, -0.05) is 18.2 Å². The van der Waals surface area contributed by atoms with Crippen LogP contribution in [0.15, 0.2) is 47.4 Å².